The SMILES string of the molecule is CCOC(=O)[C@H](N)C/C=C/c1ccccc1. The topological polar surface area (TPSA) is 52.3 Å². The lowest BCUT2D eigenvalue weighted by atomic mass is 10.1. The van der Waals surface area contributed by atoms with Gasteiger partial charge in [-0.05, 0) is 18.9 Å². The quantitative estimate of drug-likeness (QED) is 0.770. The van der Waals surface area contributed by atoms with Crippen LogP contribution in [0.2, 0.25) is 0 Å². The number of ether oxygens (including phenoxy) is 1. The highest BCUT2D eigenvalue weighted by Crippen LogP contribution is 2.03. The summed E-state index contributed by atoms with van der Waals surface area (Å²) in [6.45, 7) is 2.14. The highest BCUT2D eigenvalue weighted by molar-refractivity contribution is 5.75. The fourth-order valence-corrected chi connectivity index (χ4v) is 1.26. The van der Waals surface area contributed by atoms with Crippen LogP contribution in [0, 0.1) is 0 Å². The van der Waals surface area contributed by atoms with Crippen molar-refractivity contribution in [2.75, 3.05) is 6.61 Å². The van der Waals surface area contributed by atoms with E-state index >= 15 is 0 Å². The van der Waals surface area contributed by atoms with E-state index in [4.69, 9.17) is 10.5 Å². The molecule has 0 aliphatic rings. The number of nitrogens with two attached hydrogens (primary N) is 1. The summed E-state index contributed by atoms with van der Waals surface area (Å²) in [5, 5.41) is 0. The van der Waals surface area contributed by atoms with Gasteiger partial charge in [0.25, 0.3) is 0 Å². The first-order chi connectivity index (χ1) is 7.74. The van der Waals surface area contributed by atoms with Crippen LogP contribution < -0.4 is 5.73 Å². The molecule has 0 fully saturated rings. The number of esters is 1. The van der Waals surface area contributed by atoms with Gasteiger partial charge in [0.1, 0.15) is 6.04 Å². The van der Waals surface area contributed by atoms with Gasteiger partial charge in [0.05, 0.1) is 6.61 Å². The van der Waals surface area contributed by atoms with Crippen LogP contribution in [0.4, 0.5) is 0 Å². The van der Waals surface area contributed by atoms with E-state index < -0.39 is 6.04 Å². The van der Waals surface area contributed by atoms with Gasteiger partial charge in [-0.25, -0.2) is 0 Å². The Hall–Kier alpha value is -1.61. The molecule has 0 aliphatic carbocycles. The molecule has 0 bridgehead atoms. The van der Waals surface area contributed by atoms with Crippen molar-refractivity contribution < 1.29 is 9.53 Å². The summed E-state index contributed by atoms with van der Waals surface area (Å²) in [6, 6.07) is 9.30. The molecule has 86 valence electrons. The minimum Gasteiger partial charge on any atom is -0.465 e. The molecule has 3 heteroatoms. The van der Waals surface area contributed by atoms with Gasteiger partial charge in [0.15, 0.2) is 0 Å². The lowest BCUT2D eigenvalue weighted by Gasteiger charge is -2.07. The van der Waals surface area contributed by atoms with Crippen molar-refractivity contribution in [3.05, 3.63) is 42.0 Å². The van der Waals surface area contributed by atoms with Crippen molar-refractivity contribution in [1.29, 1.82) is 0 Å². The second-order valence-electron chi connectivity index (χ2n) is 3.41. The van der Waals surface area contributed by atoms with Crippen LogP contribution in [0.1, 0.15) is 18.9 Å². The summed E-state index contributed by atoms with van der Waals surface area (Å²) in [5.74, 6) is -0.347. The summed E-state index contributed by atoms with van der Waals surface area (Å²) < 4.78 is 4.81. The lowest BCUT2D eigenvalue weighted by molar-refractivity contribution is -0.144. The van der Waals surface area contributed by atoms with Crippen LogP contribution in [0.25, 0.3) is 6.08 Å². The Kier molecular flexibility index (Phi) is 5.29. The van der Waals surface area contributed by atoms with E-state index in [-0.39, 0.29) is 5.97 Å². The van der Waals surface area contributed by atoms with Gasteiger partial charge in [-0.3, -0.25) is 4.79 Å². The van der Waals surface area contributed by atoms with E-state index in [1.54, 1.807) is 6.92 Å². The van der Waals surface area contributed by atoms with Crippen molar-refractivity contribution in [1.82, 2.24) is 0 Å². The van der Waals surface area contributed by atoms with E-state index in [9.17, 15) is 4.79 Å². The summed E-state index contributed by atoms with van der Waals surface area (Å²) in [6.07, 6.45) is 4.32. The molecule has 1 atom stereocenters. The van der Waals surface area contributed by atoms with Crippen LogP contribution in [-0.2, 0) is 9.53 Å². The molecule has 0 saturated heterocycles. The molecule has 0 radical (unpaired) electrons. The first-order valence-electron chi connectivity index (χ1n) is 5.38. The molecule has 0 saturated carbocycles. The average Bonchev–Trinajstić information content (AvgIpc) is 2.30. The minimum absolute atomic E-state index is 0.347. The van der Waals surface area contributed by atoms with Crippen LogP contribution >= 0.6 is 0 Å². The highest BCUT2D eigenvalue weighted by atomic mass is 16.5. The van der Waals surface area contributed by atoms with Gasteiger partial charge in [0.2, 0.25) is 0 Å². The molecular weight excluding hydrogens is 202 g/mol. The Morgan fingerprint density at radius 1 is 1.44 bits per heavy atom. The standard InChI is InChI=1S/C13H17NO2/c1-2-16-13(15)12(14)10-6-9-11-7-4-3-5-8-11/h3-9,12H,2,10,14H2,1H3/b9-6+/t12-/m1/s1. The zero-order chi connectivity index (χ0) is 11.8. The third-order valence-electron chi connectivity index (χ3n) is 2.09. The Labute approximate surface area is 95.9 Å². The number of benzene rings is 1. The largest absolute Gasteiger partial charge is 0.465 e. The lowest BCUT2D eigenvalue weighted by Crippen LogP contribution is -2.31. The number of hydrogen-bond donors (Lipinski definition) is 1. The smallest absolute Gasteiger partial charge is 0.323 e. The zero-order valence-corrected chi connectivity index (χ0v) is 9.43. The van der Waals surface area contributed by atoms with Crippen molar-refractivity contribution in [2.45, 2.75) is 19.4 Å². The van der Waals surface area contributed by atoms with E-state index in [2.05, 4.69) is 0 Å². The van der Waals surface area contributed by atoms with E-state index in [1.165, 1.54) is 0 Å². The minimum atomic E-state index is -0.570. The fourth-order valence-electron chi connectivity index (χ4n) is 1.26. The fraction of sp³-hybridized carbons (Fsp3) is 0.308. The number of rotatable bonds is 5. The van der Waals surface area contributed by atoms with Crippen LogP contribution in [0.5, 0.6) is 0 Å². The third-order valence-corrected chi connectivity index (χ3v) is 2.09. The van der Waals surface area contributed by atoms with Gasteiger partial charge >= 0.3 is 5.97 Å². The summed E-state index contributed by atoms with van der Waals surface area (Å²) >= 11 is 0. The van der Waals surface area contributed by atoms with E-state index in [0.29, 0.717) is 13.0 Å². The van der Waals surface area contributed by atoms with Gasteiger partial charge in [-0.1, -0.05) is 42.5 Å². The molecular formula is C13H17NO2. The number of hydrogen-bond acceptors (Lipinski definition) is 3. The van der Waals surface area contributed by atoms with Crippen molar-refractivity contribution in [3.63, 3.8) is 0 Å². The molecule has 0 unspecified atom stereocenters. The Morgan fingerprint density at radius 3 is 2.75 bits per heavy atom. The molecule has 0 aromatic heterocycles. The number of carbonyl (C=O) groups excluding carboxylic acids is 1. The average molecular weight is 219 g/mol. The molecule has 0 heterocycles. The maximum absolute atomic E-state index is 11.2. The molecule has 0 amide bonds. The predicted octanol–water partition coefficient (Wildman–Crippen LogP) is 1.98. The van der Waals surface area contributed by atoms with Crippen molar-refractivity contribution >= 4 is 12.0 Å². The number of carbonyl (C=O) groups is 1. The molecule has 16 heavy (non-hydrogen) atoms. The van der Waals surface area contributed by atoms with Crippen LogP contribution in [0.15, 0.2) is 36.4 Å². The Bertz CT molecular complexity index is 346. The van der Waals surface area contributed by atoms with Gasteiger partial charge < -0.3 is 10.5 Å². The second-order valence-corrected chi connectivity index (χ2v) is 3.41. The molecule has 0 spiro atoms. The predicted molar refractivity (Wildman–Crippen MR) is 64.7 cm³/mol. The normalized spacial score (nSPS) is 12.6. The molecule has 0 aliphatic heterocycles. The van der Waals surface area contributed by atoms with Crippen molar-refractivity contribution in [3.8, 4) is 0 Å². The molecule has 1 aromatic rings. The third kappa shape index (κ3) is 4.28. The van der Waals surface area contributed by atoms with E-state index in [0.717, 1.165) is 5.56 Å². The maximum Gasteiger partial charge on any atom is 0.323 e. The highest BCUT2D eigenvalue weighted by Gasteiger charge is 2.11. The molecule has 3 nitrogen and oxygen atoms in total. The molecule has 1 aromatic carbocycles. The summed E-state index contributed by atoms with van der Waals surface area (Å²) in [4.78, 5) is 11.2. The first kappa shape index (κ1) is 12.5. The van der Waals surface area contributed by atoms with Crippen LogP contribution in [0.3, 0.4) is 0 Å². The molecule has 2 N–H and O–H groups in total. The Morgan fingerprint density at radius 2 is 2.12 bits per heavy atom. The molecule has 1 rings (SSSR count). The van der Waals surface area contributed by atoms with Gasteiger partial charge in [-0.2, -0.15) is 0 Å². The van der Waals surface area contributed by atoms with Gasteiger partial charge in [0, 0.05) is 0 Å². The van der Waals surface area contributed by atoms with Crippen LogP contribution in [-0.4, -0.2) is 18.6 Å². The van der Waals surface area contributed by atoms with Gasteiger partial charge in [-0.15, -0.1) is 0 Å². The monoisotopic (exact) mass is 219 g/mol. The zero-order valence-electron chi connectivity index (χ0n) is 9.43. The van der Waals surface area contributed by atoms with E-state index in [1.807, 2.05) is 42.5 Å². The maximum atomic E-state index is 11.2. The Balaban J connectivity index is 2.40. The first-order valence-corrected chi connectivity index (χ1v) is 5.38. The summed E-state index contributed by atoms with van der Waals surface area (Å²) in [7, 11) is 0. The van der Waals surface area contributed by atoms with Crippen molar-refractivity contribution in [2.24, 2.45) is 5.73 Å². The summed E-state index contributed by atoms with van der Waals surface area (Å²) in [5.41, 5.74) is 6.74. The second kappa shape index (κ2) is 6.80.